The van der Waals surface area contributed by atoms with Gasteiger partial charge in [0.1, 0.15) is 0 Å². The molecule has 0 saturated heterocycles. The normalized spacial score (nSPS) is 14.5. The van der Waals surface area contributed by atoms with Crippen LogP contribution in [0.2, 0.25) is 0 Å². The van der Waals surface area contributed by atoms with Gasteiger partial charge in [-0.1, -0.05) is 18.2 Å². The first-order chi connectivity index (χ1) is 11.6. The van der Waals surface area contributed by atoms with Gasteiger partial charge in [-0.2, -0.15) is 0 Å². The van der Waals surface area contributed by atoms with Crippen molar-refractivity contribution < 1.29 is 4.79 Å². The number of rotatable bonds is 2. The Morgan fingerprint density at radius 3 is 2.75 bits per heavy atom. The van der Waals surface area contributed by atoms with E-state index in [1.54, 1.807) is 0 Å². The van der Waals surface area contributed by atoms with Crippen LogP contribution in [0.3, 0.4) is 0 Å². The van der Waals surface area contributed by atoms with E-state index in [2.05, 4.69) is 47.9 Å². The van der Waals surface area contributed by atoms with Gasteiger partial charge >= 0.3 is 0 Å². The van der Waals surface area contributed by atoms with Gasteiger partial charge in [0.15, 0.2) is 0 Å². The van der Waals surface area contributed by atoms with Crippen LogP contribution in [0.1, 0.15) is 35.3 Å². The van der Waals surface area contributed by atoms with Crippen LogP contribution in [0.4, 0.5) is 5.69 Å². The summed E-state index contributed by atoms with van der Waals surface area (Å²) in [6.07, 6.45) is 4.11. The summed E-state index contributed by atoms with van der Waals surface area (Å²) in [5, 5.41) is 1.16. The van der Waals surface area contributed by atoms with Gasteiger partial charge in [0.25, 0.3) is 5.91 Å². The lowest BCUT2D eigenvalue weighted by molar-refractivity contribution is 0.0996. The molecule has 3 heteroatoms. The van der Waals surface area contributed by atoms with Crippen LogP contribution in [-0.2, 0) is 13.6 Å². The monoisotopic (exact) mass is 316 g/mol. The van der Waals surface area contributed by atoms with Crippen molar-refractivity contribution in [2.45, 2.75) is 20.4 Å². The van der Waals surface area contributed by atoms with Gasteiger partial charge in [0, 0.05) is 35.4 Å². The van der Waals surface area contributed by atoms with Crippen molar-refractivity contribution in [3.63, 3.8) is 0 Å². The van der Waals surface area contributed by atoms with Gasteiger partial charge in [-0.3, -0.25) is 4.79 Å². The minimum absolute atomic E-state index is 0.0889. The van der Waals surface area contributed by atoms with Crippen LogP contribution in [-0.4, -0.2) is 10.5 Å². The Labute approximate surface area is 141 Å². The van der Waals surface area contributed by atoms with Crippen molar-refractivity contribution in [1.29, 1.82) is 0 Å². The first-order valence-corrected chi connectivity index (χ1v) is 8.21. The third-order valence-corrected chi connectivity index (χ3v) is 4.98. The molecule has 0 spiro atoms. The highest BCUT2D eigenvalue weighted by Gasteiger charge is 2.28. The number of aryl methyl sites for hydroxylation is 1. The Kier molecular flexibility index (Phi) is 3.31. The number of hydrogen-bond donors (Lipinski definition) is 0. The first-order valence-electron chi connectivity index (χ1n) is 8.21. The molecule has 1 amide bonds. The van der Waals surface area contributed by atoms with Crippen molar-refractivity contribution in [1.82, 2.24) is 4.57 Å². The van der Waals surface area contributed by atoms with Crippen molar-refractivity contribution in [3.8, 4) is 0 Å². The number of carbonyl (C=O) groups excluding carboxylic acids is 1. The van der Waals surface area contributed by atoms with Crippen LogP contribution < -0.4 is 4.90 Å². The summed E-state index contributed by atoms with van der Waals surface area (Å²) in [5.74, 6) is 0.0889. The van der Waals surface area contributed by atoms with E-state index in [9.17, 15) is 4.79 Å². The second kappa shape index (κ2) is 5.38. The lowest BCUT2D eigenvalue weighted by Crippen LogP contribution is -2.22. The molecule has 0 fully saturated rings. The molecule has 1 aliphatic heterocycles. The molecule has 0 saturated carbocycles. The average Bonchev–Trinajstić information content (AvgIpc) is 3.14. The zero-order valence-electron chi connectivity index (χ0n) is 14.2. The maximum Gasteiger partial charge on any atom is 0.258 e. The fourth-order valence-corrected chi connectivity index (χ4v) is 3.36. The minimum Gasteiger partial charge on any atom is -0.351 e. The molecule has 0 radical (unpaired) electrons. The predicted octanol–water partition coefficient (Wildman–Crippen LogP) is 4.76. The summed E-state index contributed by atoms with van der Waals surface area (Å²) in [6.45, 7) is 4.73. The number of anilines is 1. The molecule has 4 rings (SSSR count). The minimum atomic E-state index is 0.0889. The van der Waals surface area contributed by atoms with E-state index >= 15 is 0 Å². The van der Waals surface area contributed by atoms with E-state index in [1.807, 2.05) is 37.2 Å². The molecule has 0 atom stereocenters. The van der Waals surface area contributed by atoms with Gasteiger partial charge in [-0.25, -0.2) is 0 Å². The number of allylic oxidation sites excluding steroid dienone is 2. The molecule has 0 unspecified atom stereocenters. The predicted molar refractivity (Wildman–Crippen MR) is 99.2 cm³/mol. The highest BCUT2D eigenvalue weighted by molar-refractivity contribution is 6.11. The first kappa shape index (κ1) is 14.8. The maximum absolute atomic E-state index is 12.9. The summed E-state index contributed by atoms with van der Waals surface area (Å²) in [7, 11) is 2.03. The number of amides is 1. The summed E-state index contributed by atoms with van der Waals surface area (Å²) in [6, 6.07) is 14.5. The Morgan fingerprint density at radius 1 is 1.12 bits per heavy atom. The average molecular weight is 316 g/mol. The molecule has 120 valence electrons. The van der Waals surface area contributed by atoms with Gasteiger partial charge in [0.2, 0.25) is 0 Å². The lowest BCUT2D eigenvalue weighted by atomic mass is 10.0. The third-order valence-electron chi connectivity index (χ3n) is 4.98. The fraction of sp³-hybridized carbons (Fsp3) is 0.190. The number of benzene rings is 2. The number of fused-ring (bicyclic) bond motifs is 2. The Balaban J connectivity index is 1.73. The molecule has 0 aliphatic carbocycles. The van der Waals surface area contributed by atoms with Gasteiger partial charge in [-0.15, -0.1) is 0 Å². The summed E-state index contributed by atoms with van der Waals surface area (Å²) in [4.78, 5) is 14.8. The standard InChI is InChI=1S/C21H20N2O/c1-4-14(2)15-5-6-17-13-23(21(24)19(17)12-15)18-7-8-20-16(11-18)9-10-22(20)3/h4-12H,13H2,1-3H3/b14-4+. The summed E-state index contributed by atoms with van der Waals surface area (Å²) < 4.78 is 2.09. The highest BCUT2D eigenvalue weighted by Crippen LogP contribution is 2.32. The third kappa shape index (κ3) is 2.16. The molecule has 1 aromatic heterocycles. The molecule has 0 bridgehead atoms. The molecule has 2 aromatic carbocycles. The van der Waals surface area contributed by atoms with E-state index in [4.69, 9.17) is 0 Å². The fourth-order valence-electron chi connectivity index (χ4n) is 3.36. The highest BCUT2D eigenvalue weighted by atomic mass is 16.2. The van der Waals surface area contributed by atoms with Gasteiger partial charge in [-0.05, 0) is 60.9 Å². The SMILES string of the molecule is C/C=C(\C)c1ccc2c(c1)C(=O)N(c1ccc3c(ccn3C)c1)C2. The van der Waals surface area contributed by atoms with Crippen molar-refractivity contribution in [2.24, 2.45) is 7.05 Å². The van der Waals surface area contributed by atoms with Crippen LogP contribution in [0, 0.1) is 0 Å². The van der Waals surface area contributed by atoms with Crippen LogP contribution >= 0.6 is 0 Å². The molecule has 3 nitrogen and oxygen atoms in total. The van der Waals surface area contributed by atoms with Crippen molar-refractivity contribution in [2.75, 3.05) is 4.90 Å². The van der Waals surface area contributed by atoms with Gasteiger partial charge < -0.3 is 9.47 Å². The largest absolute Gasteiger partial charge is 0.351 e. The molecule has 0 N–H and O–H groups in total. The Morgan fingerprint density at radius 2 is 1.96 bits per heavy atom. The van der Waals surface area contributed by atoms with Gasteiger partial charge in [0.05, 0.1) is 6.54 Å². The molecule has 24 heavy (non-hydrogen) atoms. The topological polar surface area (TPSA) is 25.2 Å². The molecular weight excluding hydrogens is 296 g/mol. The second-order valence-electron chi connectivity index (χ2n) is 6.40. The van der Waals surface area contributed by atoms with Crippen LogP contribution in [0.25, 0.3) is 16.5 Å². The second-order valence-corrected chi connectivity index (χ2v) is 6.40. The number of nitrogens with zero attached hydrogens (tertiary/aromatic N) is 2. The molecular formula is C21H20N2O. The zero-order valence-corrected chi connectivity index (χ0v) is 14.2. The van der Waals surface area contributed by atoms with Crippen LogP contribution in [0.5, 0.6) is 0 Å². The molecule has 3 aromatic rings. The Bertz CT molecular complexity index is 994. The maximum atomic E-state index is 12.9. The van der Waals surface area contributed by atoms with Crippen LogP contribution in [0.15, 0.2) is 54.7 Å². The Hall–Kier alpha value is -2.81. The lowest BCUT2D eigenvalue weighted by Gasteiger charge is -2.16. The smallest absolute Gasteiger partial charge is 0.258 e. The van der Waals surface area contributed by atoms with E-state index in [0.717, 1.165) is 27.8 Å². The number of carbonyl (C=O) groups is 1. The molecule has 2 heterocycles. The van der Waals surface area contributed by atoms with Crippen molar-refractivity contribution in [3.05, 3.63) is 71.4 Å². The van der Waals surface area contributed by atoms with E-state index in [0.29, 0.717) is 6.54 Å². The zero-order chi connectivity index (χ0) is 16.8. The summed E-state index contributed by atoms with van der Waals surface area (Å²) in [5.41, 5.74) is 6.36. The van der Waals surface area contributed by atoms with Crippen molar-refractivity contribution >= 4 is 28.1 Å². The number of aromatic nitrogens is 1. The quantitative estimate of drug-likeness (QED) is 0.669. The van der Waals surface area contributed by atoms with E-state index in [-0.39, 0.29) is 5.91 Å². The number of hydrogen-bond acceptors (Lipinski definition) is 1. The van der Waals surface area contributed by atoms with E-state index < -0.39 is 0 Å². The summed E-state index contributed by atoms with van der Waals surface area (Å²) >= 11 is 0. The molecule has 1 aliphatic rings. The van der Waals surface area contributed by atoms with E-state index in [1.165, 1.54) is 11.1 Å².